The lowest BCUT2D eigenvalue weighted by Gasteiger charge is -2.31. The average Bonchev–Trinajstić information content (AvgIpc) is 2.66. The highest BCUT2D eigenvalue weighted by atomic mass is 32.2. The zero-order valence-electron chi connectivity index (χ0n) is 16.5. The maximum Gasteiger partial charge on any atom is 0.335 e. The number of unbranched alkanes of at least 4 members (excludes halogenated alkanes) is 2. The van der Waals surface area contributed by atoms with E-state index in [4.69, 9.17) is 9.84 Å². The first-order valence-corrected chi connectivity index (χ1v) is 10.6. The molecule has 0 spiro atoms. The predicted octanol–water partition coefficient (Wildman–Crippen LogP) is 6.41. The molecule has 0 bridgehead atoms. The molecule has 1 heterocycles. The lowest BCUT2D eigenvalue weighted by Crippen LogP contribution is -2.22. The van der Waals surface area contributed by atoms with Crippen molar-refractivity contribution in [3.05, 3.63) is 59.7 Å². The average molecular weight is 387 g/mol. The summed E-state index contributed by atoms with van der Waals surface area (Å²) in [6.45, 7) is 7.51. The normalized spacial score (nSPS) is 14.5. The van der Waals surface area contributed by atoms with Gasteiger partial charge in [-0.2, -0.15) is 0 Å². The molecule has 146 valence electrons. The summed E-state index contributed by atoms with van der Waals surface area (Å²) in [5.74, 6) is 1.09. The predicted molar refractivity (Wildman–Crippen MR) is 113 cm³/mol. The SMILES string of the molecule is CC1(C)CCSc2ccccc21.CCCCCOc1ccc(C(=O)O)cc1. The van der Waals surface area contributed by atoms with Crippen LogP contribution < -0.4 is 4.74 Å². The van der Waals surface area contributed by atoms with Gasteiger partial charge in [-0.3, -0.25) is 0 Å². The minimum Gasteiger partial charge on any atom is -0.494 e. The molecular formula is C23H30O3S. The lowest BCUT2D eigenvalue weighted by molar-refractivity contribution is 0.0697. The van der Waals surface area contributed by atoms with Crippen molar-refractivity contribution in [2.75, 3.05) is 12.4 Å². The second-order valence-electron chi connectivity index (χ2n) is 7.36. The van der Waals surface area contributed by atoms with Crippen molar-refractivity contribution >= 4 is 17.7 Å². The Labute approximate surface area is 167 Å². The number of fused-ring (bicyclic) bond motifs is 1. The number of rotatable bonds is 6. The van der Waals surface area contributed by atoms with E-state index in [1.807, 2.05) is 11.8 Å². The van der Waals surface area contributed by atoms with Crippen molar-refractivity contribution < 1.29 is 14.6 Å². The molecule has 1 aliphatic heterocycles. The van der Waals surface area contributed by atoms with E-state index in [1.54, 1.807) is 24.3 Å². The highest BCUT2D eigenvalue weighted by molar-refractivity contribution is 7.99. The molecule has 3 rings (SSSR count). The van der Waals surface area contributed by atoms with Crippen LogP contribution in [0.1, 0.15) is 62.4 Å². The molecule has 3 nitrogen and oxygen atoms in total. The third-order valence-corrected chi connectivity index (χ3v) is 5.79. The maximum atomic E-state index is 10.6. The second-order valence-corrected chi connectivity index (χ2v) is 8.50. The van der Waals surface area contributed by atoms with E-state index in [9.17, 15) is 4.79 Å². The maximum absolute atomic E-state index is 10.6. The second kappa shape index (κ2) is 10.4. The number of hydrogen-bond acceptors (Lipinski definition) is 3. The monoisotopic (exact) mass is 386 g/mol. The summed E-state index contributed by atoms with van der Waals surface area (Å²) >= 11 is 1.99. The molecule has 0 radical (unpaired) electrons. The Hall–Kier alpha value is -1.94. The van der Waals surface area contributed by atoms with E-state index in [0.29, 0.717) is 12.0 Å². The zero-order valence-corrected chi connectivity index (χ0v) is 17.3. The molecule has 0 saturated heterocycles. The first-order chi connectivity index (χ1) is 12.9. The summed E-state index contributed by atoms with van der Waals surface area (Å²) in [5, 5.41) is 8.68. The summed E-state index contributed by atoms with van der Waals surface area (Å²) in [5.41, 5.74) is 2.21. The van der Waals surface area contributed by atoms with Gasteiger partial charge < -0.3 is 9.84 Å². The molecule has 0 fully saturated rings. The Morgan fingerprint density at radius 1 is 1.11 bits per heavy atom. The van der Waals surface area contributed by atoms with Crippen LogP contribution >= 0.6 is 11.8 Å². The first kappa shape index (κ1) is 21.4. The summed E-state index contributed by atoms with van der Waals surface area (Å²) in [6.07, 6.45) is 4.67. The Morgan fingerprint density at radius 3 is 2.44 bits per heavy atom. The fourth-order valence-electron chi connectivity index (χ4n) is 2.94. The minimum atomic E-state index is -0.910. The van der Waals surface area contributed by atoms with Crippen LogP contribution in [0.3, 0.4) is 0 Å². The van der Waals surface area contributed by atoms with Crippen molar-refractivity contribution in [2.45, 2.75) is 56.8 Å². The van der Waals surface area contributed by atoms with E-state index in [0.717, 1.165) is 18.6 Å². The topological polar surface area (TPSA) is 46.5 Å². The number of aromatic carboxylic acids is 1. The van der Waals surface area contributed by atoms with Crippen LogP contribution in [-0.2, 0) is 5.41 Å². The molecule has 2 aromatic carbocycles. The third kappa shape index (κ3) is 6.62. The quantitative estimate of drug-likeness (QED) is 0.582. The Morgan fingerprint density at radius 2 is 1.81 bits per heavy atom. The van der Waals surface area contributed by atoms with Crippen LogP contribution in [0, 0.1) is 0 Å². The van der Waals surface area contributed by atoms with Gasteiger partial charge >= 0.3 is 5.97 Å². The van der Waals surface area contributed by atoms with Gasteiger partial charge in [-0.05, 0) is 59.9 Å². The van der Waals surface area contributed by atoms with Gasteiger partial charge in [-0.1, -0.05) is 51.8 Å². The molecule has 0 saturated carbocycles. The molecule has 0 atom stereocenters. The van der Waals surface area contributed by atoms with Gasteiger partial charge in [-0.25, -0.2) is 4.79 Å². The standard InChI is InChI=1S/C12H16O3.C11H14S/c1-2-3-4-9-15-11-7-5-10(6-8-11)12(13)14;1-11(2)7-8-12-10-6-4-3-5-9(10)11/h5-8H,2-4,9H2,1H3,(H,13,14);3-6H,7-8H2,1-2H3. The Balaban J connectivity index is 0.000000198. The van der Waals surface area contributed by atoms with Crippen molar-refractivity contribution in [3.63, 3.8) is 0 Å². The summed E-state index contributed by atoms with van der Waals surface area (Å²) in [7, 11) is 0. The Kier molecular flexibility index (Phi) is 8.23. The zero-order chi connectivity index (χ0) is 19.7. The Bertz CT molecular complexity index is 723. The number of benzene rings is 2. The highest BCUT2D eigenvalue weighted by Gasteiger charge is 2.26. The highest BCUT2D eigenvalue weighted by Crippen LogP contribution is 2.40. The van der Waals surface area contributed by atoms with Crippen LogP contribution in [0.15, 0.2) is 53.4 Å². The van der Waals surface area contributed by atoms with Crippen LogP contribution in [0.5, 0.6) is 5.75 Å². The molecule has 0 amide bonds. The van der Waals surface area contributed by atoms with Gasteiger partial charge in [-0.15, -0.1) is 11.8 Å². The molecule has 2 aromatic rings. The number of ether oxygens (including phenoxy) is 1. The number of carbonyl (C=O) groups is 1. The van der Waals surface area contributed by atoms with Gasteiger partial charge in [0.25, 0.3) is 0 Å². The third-order valence-electron chi connectivity index (χ3n) is 4.72. The smallest absolute Gasteiger partial charge is 0.335 e. The summed E-state index contributed by atoms with van der Waals surface area (Å²) < 4.78 is 5.45. The van der Waals surface area contributed by atoms with Crippen LogP contribution in [0.25, 0.3) is 0 Å². The molecule has 4 heteroatoms. The van der Waals surface area contributed by atoms with Gasteiger partial charge in [0.2, 0.25) is 0 Å². The van der Waals surface area contributed by atoms with E-state index in [-0.39, 0.29) is 5.56 Å². The van der Waals surface area contributed by atoms with Crippen LogP contribution in [-0.4, -0.2) is 23.4 Å². The number of carboxylic acid groups (broad SMARTS) is 1. The van der Waals surface area contributed by atoms with Crippen LogP contribution in [0.4, 0.5) is 0 Å². The van der Waals surface area contributed by atoms with E-state index < -0.39 is 5.97 Å². The van der Waals surface area contributed by atoms with Gasteiger partial charge in [0.1, 0.15) is 5.75 Å². The van der Waals surface area contributed by atoms with Crippen molar-refractivity contribution in [2.24, 2.45) is 0 Å². The summed E-state index contributed by atoms with van der Waals surface area (Å²) in [6, 6.07) is 15.3. The molecule has 0 unspecified atom stereocenters. The largest absolute Gasteiger partial charge is 0.494 e. The van der Waals surface area contributed by atoms with Gasteiger partial charge in [0.15, 0.2) is 0 Å². The van der Waals surface area contributed by atoms with Crippen LogP contribution in [0.2, 0.25) is 0 Å². The summed E-state index contributed by atoms with van der Waals surface area (Å²) in [4.78, 5) is 12.1. The van der Waals surface area contributed by atoms with Gasteiger partial charge in [0, 0.05) is 4.90 Å². The van der Waals surface area contributed by atoms with E-state index >= 15 is 0 Å². The minimum absolute atomic E-state index is 0.288. The van der Waals surface area contributed by atoms with Gasteiger partial charge in [0.05, 0.1) is 12.2 Å². The van der Waals surface area contributed by atoms with Crippen molar-refractivity contribution in [1.82, 2.24) is 0 Å². The first-order valence-electron chi connectivity index (χ1n) is 9.62. The number of carboxylic acids is 1. The molecule has 0 aromatic heterocycles. The molecule has 1 aliphatic rings. The molecule has 1 N–H and O–H groups in total. The fourth-order valence-corrected chi connectivity index (χ4v) is 4.45. The molecule has 0 aliphatic carbocycles. The fraction of sp³-hybridized carbons (Fsp3) is 0.435. The number of thioether (sulfide) groups is 1. The van der Waals surface area contributed by atoms with Crippen molar-refractivity contribution in [3.8, 4) is 5.75 Å². The van der Waals surface area contributed by atoms with E-state index in [2.05, 4.69) is 45.0 Å². The van der Waals surface area contributed by atoms with Crippen molar-refractivity contribution in [1.29, 1.82) is 0 Å². The molecule has 27 heavy (non-hydrogen) atoms. The lowest BCUT2D eigenvalue weighted by atomic mass is 9.82. The van der Waals surface area contributed by atoms with E-state index in [1.165, 1.54) is 29.1 Å². The molecular weight excluding hydrogens is 356 g/mol. The number of hydrogen-bond donors (Lipinski definition) is 1.